The van der Waals surface area contributed by atoms with E-state index in [-0.39, 0.29) is 5.91 Å². The molecule has 106 valence electrons. The highest BCUT2D eigenvalue weighted by Crippen LogP contribution is 2.23. The Bertz CT molecular complexity index is 736. The van der Waals surface area contributed by atoms with Crippen LogP contribution in [0.2, 0.25) is 0 Å². The van der Waals surface area contributed by atoms with Gasteiger partial charge < -0.3 is 10.1 Å². The Labute approximate surface area is 131 Å². The molecular weight excluding hydrogens is 332 g/mol. The van der Waals surface area contributed by atoms with Gasteiger partial charge in [0.2, 0.25) is 0 Å². The number of ether oxygens (including phenoxy) is 1. The summed E-state index contributed by atoms with van der Waals surface area (Å²) in [4.78, 5) is 12.3. The van der Waals surface area contributed by atoms with Crippen molar-refractivity contribution in [2.45, 2.75) is 6.92 Å². The first kappa shape index (κ1) is 15.1. The number of rotatable bonds is 3. The molecule has 0 aliphatic carbocycles. The van der Waals surface area contributed by atoms with Crippen LogP contribution in [-0.4, -0.2) is 13.0 Å². The number of hydrogen-bond acceptors (Lipinski definition) is 3. The number of carbonyl (C=O) groups excluding carboxylic acids is 1. The van der Waals surface area contributed by atoms with Crippen LogP contribution < -0.4 is 10.1 Å². The number of aryl methyl sites for hydroxylation is 1. The maximum atomic E-state index is 12.3. The molecule has 0 heterocycles. The van der Waals surface area contributed by atoms with Gasteiger partial charge in [0.05, 0.1) is 18.4 Å². The van der Waals surface area contributed by atoms with E-state index in [2.05, 4.69) is 27.3 Å². The molecule has 2 aromatic rings. The molecule has 0 fully saturated rings. The van der Waals surface area contributed by atoms with E-state index in [0.29, 0.717) is 22.6 Å². The minimum atomic E-state index is -0.285. The van der Waals surface area contributed by atoms with Gasteiger partial charge >= 0.3 is 0 Å². The average Bonchev–Trinajstić information content (AvgIpc) is 2.49. The van der Waals surface area contributed by atoms with Gasteiger partial charge in [-0.05, 0) is 42.8 Å². The SMILES string of the molecule is COc1cc(C(=O)Nc2ccc(Br)cc2C#N)ccc1C. The van der Waals surface area contributed by atoms with Crippen molar-refractivity contribution in [3.05, 3.63) is 57.6 Å². The standard InChI is InChI=1S/C16H13BrN2O2/c1-10-3-4-11(8-15(10)21-2)16(20)19-14-6-5-13(17)7-12(14)9-18/h3-8H,1-2H3,(H,19,20). The molecule has 0 aliphatic rings. The van der Waals surface area contributed by atoms with E-state index in [1.807, 2.05) is 13.0 Å². The molecule has 21 heavy (non-hydrogen) atoms. The Morgan fingerprint density at radius 2 is 2.05 bits per heavy atom. The summed E-state index contributed by atoms with van der Waals surface area (Å²) in [6, 6.07) is 12.4. The summed E-state index contributed by atoms with van der Waals surface area (Å²) >= 11 is 3.29. The zero-order valence-electron chi connectivity index (χ0n) is 11.6. The zero-order chi connectivity index (χ0) is 15.4. The number of halogens is 1. The van der Waals surface area contributed by atoms with Crippen LogP contribution in [0.15, 0.2) is 40.9 Å². The summed E-state index contributed by atoms with van der Waals surface area (Å²) in [7, 11) is 1.56. The molecule has 0 radical (unpaired) electrons. The van der Waals surface area contributed by atoms with Gasteiger partial charge in [-0.1, -0.05) is 22.0 Å². The highest BCUT2D eigenvalue weighted by molar-refractivity contribution is 9.10. The van der Waals surface area contributed by atoms with Crippen molar-refractivity contribution in [3.63, 3.8) is 0 Å². The van der Waals surface area contributed by atoms with Crippen molar-refractivity contribution in [2.75, 3.05) is 12.4 Å². The molecule has 0 saturated heterocycles. The van der Waals surface area contributed by atoms with Crippen LogP contribution in [0, 0.1) is 18.3 Å². The van der Waals surface area contributed by atoms with Gasteiger partial charge in [0.25, 0.3) is 5.91 Å². The second-order valence-electron chi connectivity index (χ2n) is 4.44. The van der Waals surface area contributed by atoms with E-state index in [4.69, 9.17) is 10.00 Å². The molecule has 2 rings (SSSR count). The van der Waals surface area contributed by atoms with Crippen molar-refractivity contribution < 1.29 is 9.53 Å². The maximum absolute atomic E-state index is 12.3. The largest absolute Gasteiger partial charge is 0.496 e. The molecule has 0 atom stereocenters. The number of nitrogens with one attached hydrogen (secondary N) is 1. The van der Waals surface area contributed by atoms with E-state index in [1.54, 1.807) is 37.4 Å². The molecule has 0 bridgehead atoms. The highest BCUT2D eigenvalue weighted by Gasteiger charge is 2.11. The Balaban J connectivity index is 2.28. The van der Waals surface area contributed by atoms with Crippen LogP contribution in [0.25, 0.3) is 0 Å². The van der Waals surface area contributed by atoms with E-state index in [9.17, 15) is 4.79 Å². The Hall–Kier alpha value is -2.32. The van der Waals surface area contributed by atoms with Gasteiger partial charge in [-0.25, -0.2) is 0 Å². The van der Waals surface area contributed by atoms with E-state index in [1.165, 1.54) is 0 Å². The number of benzene rings is 2. The third-order valence-corrected chi connectivity index (χ3v) is 3.51. The smallest absolute Gasteiger partial charge is 0.255 e. The number of anilines is 1. The van der Waals surface area contributed by atoms with Crippen LogP contribution in [0.5, 0.6) is 5.75 Å². The number of amides is 1. The second kappa shape index (κ2) is 6.42. The van der Waals surface area contributed by atoms with Crippen LogP contribution in [0.3, 0.4) is 0 Å². The summed E-state index contributed by atoms with van der Waals surface area (Å²) in [5, 5.41) is 11.8. The quantitative estimate of drug-likeness (QED) is 0.918. The summed E-state index contributed by atoms with van der Waals surface area (Å²) in [5.41, 5.74) is 2.31. The third-order valence-electron chi connectivity index (χ3n) is 3.02. The zero-order valence-corrected chi connectivity index (χ0v) is 13.2. The number of nitrogens with zero attached hydrogens (tertiary/aromatic N) is 1. The minimum Gasteiger partial charge on any atom is -0.496 e. The lowest BCUT2D eigenvalue weighted by atomic mass is 10.1. The topological polar surface area (TPSA) is 62.1 Å². The molecule has 4 nitrogen and oxygen atoms in total. The Morgan fingerprint density at radius 3 is 2.71 bits per heavy atom. The summed E-state index contributed by atoms with van der Waals surface area (Å²) in [6.45, 7) is 1.91. The molecule has 2 aromatic carbocycles. The van der Waals surface area contributed by atoms with Gasteiger partial charge in [0, 0.05) is 10.0 Å². The fourth-order valence-electron chi connectivity index (χ4n) is 1.87. The highest BCUT2D eigenvalue weighted by atomic mass is 79.9. The van der Waals surface area contributed by atoms with Gasteiger partial charge in [0.15, 0.2) is 0 Å². The number of carbonyl (C=O) groups is 1. The van der Waals surface area contributed by atoms with Crippen molar-refractivity contribution in [1.82, 2.24) is 0 Å². The normalized spacial score (nSPS) is 9.81. The summed E-state index contributed by atoms with van der Waals surface area (Å²) in [6.07, 6.45) is 0. The molecule has 0 unspecified atom stereocenters. The van der Waals surface area contributed by atoms with Crippen molar-refractivity contribution in [3.8, 4) is 11.8 Å². The number of nitriles is 1. The van der Waals surface area contributed by atoms with Gasteiger partial charge in [-0.15, -0.1) is 0 Å². The van der Waals surface area contributed by atoms with Crippen LogP contribution in [0.4, 0.5) is 5.69 Å². The number of hydrogen-bond donors (Lipinski definition) is 1. The lowest BCUT2D eigenvalue weighted by Gasteiger charge is -2.10. The minimum absolute atomic E-state index is 0.285. The predicted molar refractivity (Wildman–Crippen MR) is 84.5 cm³/mol. The Morgan fingerprint density at radius 1 is 1.29 bits per heavy atom. The van der Waals surface area contributed by atoms with Gasteiger partial charge in [-0.3, -0.25) is 4.79 Å². The molecule has 1 N–H and O–H groups in total. The lowest BCUT2D eigenvalue weighted by Crippen LogP contribution is -2.13. The number of methoxy groups -OCH3 is 1. The molecule has 1 amide bonds. The fraction of sp³-hybridized carbons (Fsp3) is 0.125. The fourth-order valence-corrected chi connectivity index (χ4v) is 2.23. The monoisotopic (exact) mass is 344 g/mol. The molecule has 0 aliphatic heterocycles. The summed E-state index contributed by atoms with van der Waals surface area (Å²) < 4.78 is 5.99. The van der Waals surface area contributed by atoms with E-state index in [0.717, 1.165) is 10.0 Å². The van der Waals surface area contributed by atoms with E-state index >= 15 is 0 Å². The average molecular weight is 345 g/mol. The first-order valence-electron chi connectivity index (χ1n) is 6.21. The lowest BCUT2D eigenvalue weighted by molar-refractivity contribution is 0.102. The predicted octanol–water partition coefficient (Wildman–Crippen LogP) is 3.89. The molecular formula is C16H13BrN2O2. The molecule has 0 aromatic heterocycles. The first-order valence-corrected chi connectivity index (χ1v) is 7.00. The van der Waals surface area contributed by atoms with Crippen LogP contribution >= 0.6 is 15.9 Å². The molecule has 0 saturated carbocycles. The second-order valence-corrected chi connectivity index (χ2v) is 5.36. The molecule has 5 heteroatoms. The van der Waals surface area contributed by atoms with Crippen molar-refractivity contribution in [1.29, 1.82) is 5.26 Å². The van der Waals surface area contributed by atoms with Crippen LogP contribution in [0.1, 0.15) is 21.5 Å². The van der Waals surface area contributed by atoms with Crippen molar-refractivity contribution >= 4 is 27.5 Å². The van der Waals surface area contributed by atoms with E-state index < -0.39 is 0 Å². The first-order chi connectivity index (χ1) is 10.0. The third kappa shape index (κ3) is 3.41. The van der Waals surface area contributed by atoms with Gasteiger partial charge in [0.1, 0.15) is 11.8 Å². The van der Waals surface area contributed by atoms with Crippen LogP contribution in [-0.2, 0) is 0 Å². The molecule has 0 spiro atoms. The summed E-state index contributed by atoms with van der Waals surface area (Å²) in [5.74, 6) is 0.367. The van der Waals surface area contributed by atoms with Gasteiger partial charge in [-0.2, -0.15) is 5.26 Å². The Kier molecular flexibility index (Phi) is 4.61. The maximum Gasteiger partial charge on any atom is 0.255 e. The van der Waals surface area contributed by atoms with Crippen molar-refractivity contribution in [2.24, 2.45) is 0 Å².